The standard InChI is InChI=1S/C4H11Cl2N2P/c5-1-3-8(9-7)4-2-6/h9H,1-4,7H2. The second-order valence-corrected chi connectivity index (χ2v) is 3.14. The first-order valence-electron chi connectivity index (χ1n) is 2.68. The molecule has 0 saturated carbocycles. The predicted molar refractivity (Wildman–Crippen MR) is 45.5 cm³/mol. The van der Waals surface area contributed by atoms with E-state index in [-0.39, 0.29) is 0 Å². The van der Waals surface area contributed by atoms with E-state index in [2.05, 4.69) is 0 Å². The van der Waals surface area contributed by atoms with Gasteiger partial charge < -0.3 is 0 Å². The van der Waals surface area contributed by atoms with E-state index >= 15 is 0 Å². The van der Waals surface area contributed by atoms with Crippen molar-refractivity contribution in [2.45, 2.75) is 0 Å². The van der Waals surface area contributed by atoms with Gasteiger partial charge in [-0.2, -0.15) is 0 Å². The van der Waals surface area contributed by atoms with Crippen molar-refractivity contribution in [3.8, 4) is 0 Å². The average molecular weight is 189 g/mol. The number of alkyl halides is 2. The lowest BCUT2D eigenvalue weighted by atomic mass is 10.7. The highest BCUT2D eigenvalue weighted by atomic mass is 35.5. The molecule has 0 aromatic rings. The zero-order valence-electron chi connectivity index (χ0n) is 5.11. The van der Waals surface area contributed by atoms with Crippen LogP contribution in [-0.2, 0) is 0 Å². The third kappa shape index (κ3) is 5.38. The van der Waals surface area contributed by atoms with Gasteiger partial charge in [0.05, 0.1) is 0 Å². The van der Waals surface area contributed by atoms with E-state index in [1.165, 1.54) is 0 Å². The van der Waals surface area contributed by atoms with Crippen LogP contribution in [0.5, 0.6) is 0 Å². The van der Waals surface area contributed by atoms with Crippen molar-refractivity contribution in [1.29, 1.82) is 0 Å². The number of halogens is 2. The molecule has 0 bridgehead atoms. The highest BCUT2D eigenvalue weighted by molar-refractivity contribution is 7.32. The monoisotopic (exact) mass is 188 g/mol. The molecule has 0 rings (SSSR count). The highest BCUT2D eigenvalue weighted by Gasteiger charge is 1.97. The molecular formula is C4H11Cl2N2P. The Bertz CT molecular complexity index is 58.5. The molecule has 56 valence electrons. The molecule has 0 aromatic heterocycles. The summed E-state index contributed by atoms with van der Waals surface area (Å²) in [5, 5.41) is 0. The van der Waals surface area contributed by atoms with Crippen LogP contribution in [0.1, 0.15) is 0 Å². The Kier molecular flexibility index (Phi) is 7.77. The van der Waals surface area contributed by atoms with Crippen LogP contribution in [0, 0.1) is 0 Å². The van der Waals surface area contributed by atoms with Crippen LogP contribution in [0.25, 0.3) is 0 Å². The van der Waals surface area contributed by atoms with Gasteiger partial charge in [-0.05, 0) is 0 Å². The summed E-state index contributed by atoms with van der Waals surface area (Å²) in [6.07, 6.45) is 0. The van der Waals surface area contributed by atoms with Gasteiger partial charge in [0.1, 0.15) is 0 Å². The van der Waals surface area contributed by atoms with E-state index in [1.807, 2.05) is 4.67 Å². The minimum absolute atomic E-state index is 0.327. The fraction of sp³-hybridized carbons (Fsp3) is 1.00. The molecular weight excluding hydrogens is 178 g/mol. The first kappa shape index (κ1) is 9.93. The van der Waals surface area contributed by atoms with Crippen molar-refractivity contribution >= 4 is 32.1 Å². The van der Waals surface area contributed by atoms with Gasteiger partial charge in [0.15, 0.2) is 0 Å². The summed E-state index contributed by atoms with van der Waals surface area (Å²) in [6.45, 7) is 1.67. The van der Waals surface area contributed by atoms with Crippen LogP contribution in [0.2, 0.25) is 0 Å². The summed E-state index contributed by atoms with van der Waals surface area (Å²) in [5.74, 6) is 1.25. The molecule has 2 N–H and O–H groups in total. The predicted octanol–water partition coefficient (Wildman–Crippen LogP) is 1.23. The minimum Gasteiger partial charge on any atom is -0.300 e. The smallest absolute Gasteiger partial charge is 0.0354 e. The van der Waals surface area contributed by atoms with Crippen LogP contribution in [-0.4, -0.2) is 29.5 Å². The van der Waals surface area contributed by atoms with Gasteiger partial charge in [-0.15, -0.1) is 23.2 Å². The van der Waals surface area contributed by atoms with Crippen LogP contribution in [0.4, 0.5) is 0 Å². The van der Waals surface area contributed by atoms with Crippen LogP contribution >= 0.6 is 32.1 Å². The van der Waals surface area contributed by atoms with Crippen molar-refractivity contribution < 1.29 is 0 Å². The minimum atomic E-state index is 0.327. The Morgan fingerprint density at radius 3 is 1.89 bits per heavy atom. The molecule has 0 aromatic carbocycles. The van der Waals surface area contributed by atoms with E-state index < -0.39 is 0 Å². The van der Waals surface area contributed by atoms with Gasteiger partial charge in [-0.1, -0.05) is 0 Å². The summed E-state index contributed by atoms with van der Waals surface area (Å²) >= 11 is 10.9. The number of nitrogens with zero attached hydrogens (tertiary/aromatic N) is 1. The summed E-state index contributed by atoms with van der Waals surface area (Å²) in [6, 6.07) is 0. The molecule has 0 amide bonds. The Morgan fingerprint density at radius 1 is 1.22 bits per heavy atom. The van der Waals surface area contributed by atoms with Crippen molar-refractivity contribution in [2.24, 2.45) is 5.50 Å². The second kappa shape index (κ2) is 7.04. The summed E-state index contributed by atoms with van der Waals surface area (Å²) < 4.78 is 2.03. The second-order valence-electron chi connectivity index (χ2n) is 1.49. The lowest BCUT2D eigenvalue weighted by Crippen LogP contribution is -2.20. The third-order valence-corrected chi connectivity index (χ3v) is 2.04. The lowest BCUT2D eigenvalue weighted by molar-refractivity contribution is 0.521. The van der Waals surface area contributed by atoms with Gasteiger partial charge >= 0.3 is 0 Å². The first-order valence-corrected chi connectivity index (χ1v) is 4.77. The Balaban J connectivity index is 3.18. The molecule has 0 heterocycles. The zero-order valence-corrected chi connectivity index (χ0v) is 7.62. The van der Waals surface area contributed by atoms with Crippen molar-refractivity contribution in [3.63, 3.8) is 0 Å². The summed E-state index contributed by atoms with van der Waals surface area (Å²) in [4.78, 5) is 0. The fourth-order valence-corrected chi connectivity index (χ4v) is 1.62. The maximum Gasteiger partial charge on any atom is 0.0354 e. The topological polar surface area (TPSA) is 29.3 Å². The normalized spacial score (nSPS) is 12.0. The van der Waals surface area contributed by atoms with Crippen molar-refractivity contribution in [1.82, 2.24) is 4.67 Å². The highest BCUT2D eigenvalue weighted by Crippen LogP contribution is 2.07. The molecule has 0 saturated heterocycles. The van der Waals surface area contributed by atoms with Gasteiger partial charge in [0, 0.05) is 33.7 Å². The molecule has 1 unspecified atom stereocenters. The lowest BCUT2D eigenvalue weighted by Gasteiger charge is -2.15. The number of hydrogen-bond donors (Lipinski definition) is 1. The Labute approximate surface area is 67.6 Å². The molecule has 0 spiro atoms. The van der Waals surface area contributed by atoms with E-state index in [9.17, 15) is 0 Å². The first-order chi connectivity index (χ1) is 4.35. The van der Waals surface area contributed by atoms with Gasteiger partial charge in [0.2, 0.25) is 0 Å². The number of hydrogen-bond acceptors (Lipinski definition) is 2. The molecule has 5 heteroatoms. The summed E-state index contributed by atoms with van der Waals surface area (Å²) in [5.41, 5.74) is 5.38. The van der Waals surface area contributed by atoms with Crippen LogP contribution in [0.3, 0.4) is 0 Å². The quantitative estimate of drug-likeness (QED) is 0.520. The molecule has 0 aliphatic carbocycles. The maximum atomic E-state index is 5.47. The number of rotatable bonds is 5. The zero-order chi connectivity index (χ0) is 7.11. The van der Waals surface area contributed by atoms with Crippen molar-refractivity contribution in [3.05, 3.63) is 0 Å². The van der Waals surface area contributed by atoms with Crippen LogP contribution in [0.15, 0.2) is 0 Å². The molecule has 1 atom stereocenters. The molecule has 0 aliphatic rings. The van der Waals surface area contributed by atoms with E-state index in [4.69, 9.17) is 28.7 Å². The SMILES string of the molecule is NPN(CCCl)CCCl. The Morgan fingerprint density at radius 2 is 1.67 bits per heavy atom. The maximum absolute atomic E-state index is 5.47. The fourth-order valence-electron chi connectivity index (χ4n) is 0.445. The molecule has 2 nitrogen and oxygen atoms in total. The van der Waals surface area contributed by atoms with Gasteiger partial charge in [-0.25, -0.2) is 0 Å². The van der Waals surface area contributed by atoms with E-state index in [0.717, 1.165) is 13.1 Å². The average Bonchev–Trinajstić information content (AvgIpc) is 1.88. The number of nitrogens with two attached hydrogens (primary N) is 1. The van der Waals surface area contributed by atoms with Crippen LogP contribution < -0.4 is 5.50 Å². The third-order valence-electron chi connectivity index (χ3n) is 0.891. The molecule has 0 fully saturated rings. The van der Waals surface area contributed by atoms with Crippen molar-refractivity contribution in [2.75, 3.05) is 24.8 Å². The summed E-state index contributed by atoms with van der Waals surface area (Å²) in [7, 11) is 0.327. The van der Waals surface area contributed by atoms with Gasteiger partial charge in [-0.3, -0.25) is 10.2 Å². The molecule has 9 heavy (non-hydrogen) atoms. The van der Waals surface area contributed by atoms with E-state index in [1.54, 1.807) is 0 Å². The molecule has 0 aliphatic heterocycles. The molecule has 0 radical (unpaired) electrons. The van der Waals surface area contributed by atoms with E-state index in [0.29, 0.717) is 20.6 Å². The van der Waals surface area contributed by atoms with Gasteiger partial charge in [0.25, 0.3) is 0 Å². The largest absolute Gasteiger partial charge is 0.300 e. The Hall–Kier alpha value is 0.930.